The van der Waals surface area contributed by atoms with E-state index in [1.165, 1.54) is 0 Å². The monoisotopic (exact) mass is 327 g/mol. The smallest absolute Gasteiger partial charge is 0.207 e. The van der Waals surface area contributed by atoms with Crippen molar-refractivity contribution in [2.45, 2.75) is 69.1 Å². The molecule has 3 aliphatic carbocycles. The molecule has 128 valence electrons. The van der Waals surface area contributed by atoms with E-state index in [0.717, 1.165) is 44.3 Å². The maximum Gasteiger partial charge on any atom is 0.207 e. The zero-order chi connectivity index (χ0) is 17.3. The lowest BCUT2D eigenvalue weighted by Crippen LogP contribution is -2.62. The van der Waals surface area contributed by atoms with Crippen LogP contribution < -0.4 is 10.1 Å². The van der Waals surface area contributed by atoms with Gasteiger partial charge in [-0.3, -0.25) is 0 Å². The number of benzene rings is 1. The van der Waals surface area contributed by atoms with Crippen LogP contribution in [0.5, 0.6) is 5.75 Å². The van der Waals surface area contributed by atoms with Gasteiger partial charge in [-0.2, -0.15) is 10.3 Å². The fraction of sp³-hybridized carbons (Fsp3) is 0.579. The fourth-order valence-electron chi connectivity index (χ4n) is 3.80. The first-order valence-electron chi connectivity index (χ1n) is 8.58. The summed E-state index contributed by atoms with van der Waals surface area (Å²) < 4.78 is 6.09. The van der Waals surface area contributed by atoms with Gasteiger partial charge in [0, 0.05) is 5.54 Å². The van der Waals surface area contributed by atoms with Crippen LogP contribution in [0, 0.1) is 11.5 Å². The Kier molecular flexibility index (Phi) is 4.27. The van der Waals surface area contributed by atoms with Gasteiger partial charge in [0.15, 0.2) is 11.4 Å². The third-order valence-corrected chi connectivity index (χ3v) is 5.44. The van der Waals surface area contributed by atoms with E-state index in [0.29, 0.717) is 5.84 Å². The largest absolute Gasteiger partial charge is 0.480 e. The van der Waals surface area contributed by atoms with E-state index in [4.69, 9.17) is 10.00 Å². The summed E-state index contributed by atoms with van der Waals surface area (Å²) in [6.07, 6.45) is 7.02. The van der Waals surface area contributed by atoms with Gasteiger partial charge < -0.3 is 15.2 Å². The number of nitrogens with zero attached hydrogens (tertiary/aromatic N) is 2. The van der Waals surface area contributed by atoms with Crippen molar-refractivity contribution >= 4 is 5.84 Å². The molecule has 5 heteroatoms. The van der Waals surface area contributed by atoms with Gasteiger partial charge >= 0.3 is 0 Å². The minimum Gasteiger partial charge on any atom is -0.480 e. The lowest BCUT2D eigenvalue weighted by atomic mass is 9.63. The predicted octanol–water partition coefficient (Wildman–Crippen LogP) is 3.15. The molecule has 0 spiro atoms. The van der Waals surface area contributed by atoms with Crippen LogP contribution in [0.1, 0.15) is 52.4 Å². The first-order chi connectivity index (χ1) is 11.4. The SMILES string of the molecule is CC(C)(Oc1ccccc1)/C(=N\C#N)NC12CCC(O)(CC1)CC2. The van der Waals surface area contributed by atoms with E-state index in [2.05, 4.69) is 10.3 Å². The molecular formula is C19H25N3O2. The molecule has 1 aromatic rings. The topological polar surface area (TPSA) is 77.6 Å². The van der Waals surface area contributed by atoms with Gasteiger partial charge in [-0.1, -0.05) is 18.2 Å². The number of hydrogen-bond acceptors (Lipinski definition) is 4. The Balaban J connectivity index is 1.78. The molecule has 4 rings (SSSR count). The Morgan fingerprint density at radius 1 is 1.17 bits per heavy atom. The average molecular weight is 327 g/mol. The van der Waals surface area contributed by atoms with Crippen LogP contribution >= 0.6 is 0 Å². The van der Waals surface area contributed by atoms with E-state index in [1.54, 1.807) is 0 Å². The molecular weight excluding hydrogens is 302 g/mol. The molecule has 0 unspecified atom stereocenters. The summed E-state index contributed by atoms with van der Waals surface area (Å²) in [4.78, 5) is 4.04. The number of aliphatic hydroxyl groups is 1. The Morgan fingerprint density at radius 3 is 2.29 bits per heavy atom. The third-order valence-electron chi connectivity index (χ3n) is 5.44. The highest BCUT2D eigenvalue weighted by Gasteiger charge is 2.49. The Morgan fingerprint density at radius 2 is 1.75 bits per heavy atom. The number of fused-ring (bicyclic) bond motifs is 3. The first-order valence-corrected chi connectivity index (χ1v) is 8.58. The number of amidine groups is 1. The van der Waals surface area contributed by atoms with Gasteiger partial charge in [-0.25, -0.2) is 0 Å². The number of aliphatic imine (C=N–C) groups is 1. The lowest BCUT2D eigenvalue weighted by molar-refractivity contribution is -0.0686. The molecule has 0 aliphatic heterocycles. The highest BCUT2D eigenvalue weighted by molar-refractivity contribution is 5.91. The van der Waals surface area contributed by atoms with E-state index in [-0.39, 0.29) is 5.54 Å². The summed E-state index contributed by atoms with van der Waals surface area (Å²) in [5.41, 5.74) is -1.31. The van der Waals surface area contributed by atoms with Crippen molar-refractivity contribution in [1.29, 1.82) is 5.26 Å². The molecule has 0 aromatic heterocycles. The number of ether oxygens (including phenoxy) is 1. The maximum atomic E-state index is 10.4. The molecule has 0 saturated heterocycles. The third kappa shape index (κ3) is 3.39. The quantitative estimate of drug-likeness (QED) is 0.506. The van der Waals surface area contributed by atoms with Gasteiger partial charge in [0.25, 0.3) is 0 Å². The zero-order valence-electron chi connectivity index (χ0n) is 14.4. The Hall–Kier alpha value is -2.06. The lowest BCUT2D eigenvalue weighted by Gasteiger charge is -2.52. The molecule has 3 aliphatic rings. The zero-order valence-corrected chi connectivity index (χ0v) is 14.4. The second-order valence-corrected chi connectivity index (χ2v) is 7.62. The molecule has 3 saturated carbocycles. The van der Waals surface area contributed by atoms with Crippen molar-refractivity contribution < 1.29 is 9.84 Å². The molecule has 2 N–H and O–H groups in total. The van der Waals surface area contributed by atoms with E-state index in [9.17, 15) is 5.11 Å². The summed E-state index contributed by atoms with van der Waals surface area (Å²) in [5, 5.41) is 23.0. The highest BCUT2D eigenvalue weighted by Crippen LogP contribution is 2.47. The van der Waals surface area contributed by atoms with E-state index < -0.39 is 11.2 Å². The molecule has 0 heterocycles. The summed E-state index contributed by atoms with van der Waals surface area (Å²) in [7, 11) is 0. The van der Waals surface area contributed by atoms with Gasteiger partial charge in [-0.05, 0) is 64.5 Å². The summed E-state index contributed by atoms with van der Waals surface area (Å²) in [5.74, 6) is 1.30. The van der Waals surface area contributed by atoms with Crippen molar-refractivity contribution in [3.8, 4) is 11.9 Å². The van der Waals surface area contributed by atoms with Crippen molar-refractivity contribution in [2.24, 2.45) is 4.99 Å². The average Bonchev–Trinajstić information content (AvgIpc) is 2.57. The number of para-hydroxylation sites is 1. The Labute approximate surface area is 143 Å². The van der Waals surface area contributed by atoms with Crippen molar-refractivity contribution in [3.63, 3.8) is 0 Å². The summed E-state index contributed by atoms with van der Waals surface area (Å²) in [6, 6.07) is 9.56. The maximum absolute atomic E-state index is 10.4. The van der Waals surface area contributed by atoms with Crippen molar-refractivity contribution in [1.82, 2.24) is 5.32 Å². The van der Waals surface area contributed by atoms with Crippen LogP contribution in [0.15, 0.2) is 35.3 Å². The van der Waals surface area contributed by atoms with Gasteiger partial charge in [0.05, 0.1) is 5.60 Å². The van der Waals surface area contributed by atoms with Crippen LogP contribution in [0.3, 0.4) is 0 Å². The highest BCUT2D eigenvalue weighted by atomic mass is 16.5. The van der Waals surface area contributed by atoms with Crippen LogP contribution in [0.2, 0.25) is 0 Å². The van der Waals surface area contributed by atoms with E-state index in [1.807, 2.05) is 50.4 Å². The van der Waals surface area contributed by atoms with Crippen LogP contribution in [-0.2, 0) is 0 Å². The molecule has 5 nitrogen and oxygen atoms in total. The molecule has 0 radical (unpaired) electrons. The minimum absolute atomic E-state index is 0.0858. The van der Waals surface area contributed by atoms with Crippen LogP contribution in [0.4, 0.5) is 0 Å². The molecule has 0 atom stereocenters. The number of nitriles is 1. The number of nitrogens with one attached hydrogen (secondary N) is 1. The van der Waals surface area contributed by atoms with Crippen LogP contribution in [0.25, 0.3) is 0 Å². The molecule has 0 amide bonds. The standard InChI is InChI=1S/C19H25N3O2/c1-17(2,24-15-6-4-3-5-7-15)16(21-14-20)22-18-8-11-19(23,12-9-18)13-10-18/h3-7,23H,8-13H2,1-2H3,(H,21,22). The molecule has 2 bridgehead atoms. The molecule has 3 fully saturated rings. The second-order valence-electron chi connectivity index (χ2n) is 7.62. The number of hydrogen-bond donors (Lipinski definition) is 2. The second kappa shape index (κ2) is 6.10. The minimum atomic E-state index is -0.739. The summed E-state index contributed by atoms with van der Waals surface area (Å²) in [6.45, 7) is 3.84. The van der Waals surface area contributed by atoms with Crippen LogP contribution in [-0.4, -0.2) is 27.7 Å². The normalized spacial score (nSPS) is 29.8. The van der Waals surface area contributed by atoms with Gasteiger partial charge in [-0.15, -0.1) is 0 Å². The first kappa shape index (κ1) is 16.8. The van der Waals surface area contributed by atoms with E-state index >= 15 is 0 Å². The van der Waals surface area contributed by atoms with Crippen molar-refractivity contribution in [2.75, 3.05) is 0 Å². The fourth-order valence-corrected chi connectivity index (χ4v) is 3.80. The molecule has 24 heavy (non-hydrogen) atoms. The van der Waals surface area contributed by atoms with Gasteiger partial charge in [0.1, 0.15) is 5.75 Å². The molecule has 1 aromatic carbocycles. The van der Waals surface area contributed by atoms with Gasteiger partial charge in [0.2, 0.25) is 6.19 Å². The van der Waals surface area contributed by atoms with Crippen molar-refractivity contribution in [3.05, 3.63) is 30.3 Å². The predicted molar refractivity (Wildman–Crippen MR) is 92.7 cm³/mol. The summed E-state index contributed by atoms with van der Waals surface area (Å²) >= 11 is 0. The Bertz CT molecular complexity index is 636. The number of rotatable bonds is 4.